The number of fused-ring (bicyclic) bond motifs is 1. The third kappa shape index (κ3) is 5.52. The van der Waals surface area contributed by atoms with Gasteiger partial charge in [-0.2, -0.15) is 0 Å². The maximum absolute atomic E-state index is 5.90. The molecule has 5 heteroatoms. The highest BCUT2D eigenvalue weighted by Gasteiger charge is 2.12. The number of aromatic nitrogens is 2. The van der Waals surface area contributed by atoms with Gasteiger partial charge >= 0.3 is 0 Å². The minimum absolute atomic E-state index is 0. The summed E-state index contributed by atoms with van der Waals surface area (Å²) in [6.45, 7) is 4.86. The number of aryl methyl sites for hydroxylation is 1. The molecule has 1 heterocycles. The molecule has 0 aliphatic heterocycles. The predicted octanol–water partition coefficient (Wildman–Crippen LogP) is 5.90. The summed E-state index contributed by atoms with van der Waals surface area (Å²) >= 11 is 0. The van der Waals surface area contributed by atoms with E-state index in [2.05, 4.69) is 58.6 Å². The summed E-state index contributed by atoms with van der Waals surface area (Å²) in [7, 11) is 0. The number of rotatable bonds is 8. The lowest BCUT2D eigenvalue weighted by atomic mass is 9.87. The number of halogens is 1. The Hall–Kier alpha value is -2.04. The Morgan fingerprint density at radius 1 is 1.03 bits per heavy atom. The molecule has 0 spiro atoms. The van der Waals surface area contributed by atoms with Crippen molar-refractivity contribution >= 4 is 23.4 Å². The van der Waals surface area contributed by atoms with Gasteiger partial charge in [0.1, 0.15) is 12.4 Å². The van der Waals surface area contributed by atoms with Crippen LogP contribution in [0.1, 0.15) is 44.1 Å². The zero-order chi connectivity index (χ0) is 19.2. The van der Waals surface area contributed by atoms with E-state index in [0.717, 1.165) is 35.8 Å². The van der Waals surface area contributed by atoms with E-state index in [4.69, 9.17) is 4.74 Å². The summed E-state index contributed by atoms with van der Waals surface area (Å²) in [5, 5.41) is 3.53. The summed E-state index contributed by atoms with van der Waals surface area (Å²) in [6, 6.07) is 12.6. The van der Waals surface area contributed by atoms with E-state index in [1.165, 1.54) is 55.2 Å². The lowest BCUT2D eigenvalue weighted by molar-refractivity contribution is 0.301. The zero-order valence-electron chi connectivity index (χ0n) is 17.2. The van der Waals surface area contributed by atoms with Crippen molar-refractivity contribution in [2.45, 2.75) is 45.4 Å². The Balaban J connectivity index is 0.00000240. The molecule has 4 nitrogen and oxygen atoms in total. The number of hydrogen-bond acceptors (Lipinski definition) is 3. The fourth-order valence-electron chi connectivity index (χ4n) is 4.34. The van der Waals surface area contributed by atoms with Gasteiger partial charge in [-0.3, -0.25) is 0 Å². The van der Waals surface area contributed by atoms with Crippen LogP contribution in [-0.2, 0) is 0 Å². The number of hydrogen-bond donors (Lipinski definition) is 2. The normalized spacial score (nSPS) is 14.7. The molecule has 3 aromatic rings. The Kier molecular flexibility index (Phi) is 7.96. The third-order valence-corrected chi connectivity index (χ3v) is 6.01. The standard InChI is InChI=1S/C24H31N3O.ClH/c1-18-22(11-12-23-24(18)27-17-26-23)20-7-9-21(10-8-20)28-16-15-25-14-13-19-5-3-2-4-6-19;/h7-12,17,19,25H,2-6,13-16H2,1H3,(H,26,27);1H. The van der Waals surface area contributed by atoms with Crippen LogP contribution in [0.25, 0.3) is 22.2 Å². The van der Waals surface area contributed by atoms with Gasteiger partial charge in [-0.1, -0.05) is 50.3 Å². The molecule has 2 aromatic carbocycles. The first-order valence-corrected chi connectivity index (χ1v) is 10.7. The van der Waals surface area contributed by atoms with Crippen molar-refractivity contribution in [1.29, 1.82) is 0 Å². The van der Waals surface area contributed by atoms with E-state index < -0.39 is 0 Å². The van der Waals surface area contributed by atoms with E-state index in [1.807, 2.05) is 0 Å². The summed E-state index contributed by atoms with van der Waals surface area (Å²) in [4.78, 5) is 7.60. The molecule has 1 saturated carbocycles. The summed E-state index contributed by atoms with van der Waals surface area (Å²) < 4.78 is 5.90. The van der Waals surface area contributed by atoms with E-state index >= 15 is 0 Å². The van der Waals surface area contributed by atoms with Gasteiger partial charge in [0.15, 0.2) is 0 Å². The molecule has 156 valence electrons. The first-order valence-electron chi connectivity index (χ1n) is 10.7. The van der Waals surface area contributed by atoms with Gasteiger partial charge < -0.3 is 15.0 Å². The molecule has 1 aliphatic carbocycles. The van der Waals surface area contributed by atoms with Crippen LogP contribution in [0.3, 0.4) is 0 Å². The van der Waals surface area contributed by atoms with Crippen molar-refractivity contribution in [1.82, 2.24) is 15.3 Å². The highest BCUT2D eigenvalue weighted by Crippen LogP contribution is 2.29. The minimum atomic E-state index is 0. The number of benzene rings is 2. The largest absolute Gasteiger partial charge is 0.492 e. The molecule has 0 bridgehead atoms. The van der Waals surface area contributed by atoms with Gasteiger partial charge in [0.25, 0.3) is 0 Å². The molecule has 2 N–H and O–H groups in total. The third-order valence-electron chi connectivity index (χ3n) is 6.01. The van der Waals surface area contributed by atoms with Crippen LogP contribution in [0.4, 0.5) is 0 Å². The van der Waals surface area contributed by atoms with E-state index in [0.29, 0.717) is 6.61 Å². The second kappa shape index (κ2) is 10.7. The lowest BCUT2D eigenvalue weighted by Crippen LogP contribution is -2.24. The van der Waals surface area contributed by atoms with Gasteiger partial charge in [-0.25, -0.2) is 4.98 Å². The molecule has 0 amide bonds. The average Bonchev–Trinajstić information content (AvgIpc) is 3.22. The number of ether oxygens (including phenoxy) is 1. The molecule has 0 atom stereocenters. The number of nitrogens with zero attached hydrogens (tertiary/aromatic N) is 1. The van der Waals surface area contributed by atoms with Crippen molar-refractivity contribution in [3.8, 4) is 16.9 Å². The second-order valence-electron chi connectivity index (χ2n) is 7.95. The monoisotopic (exact) mass is 413 g/mol. The van der Waals surface area contributed by atoms with Crippen LogP contribution in [0, 0.1) is 12.8 Å². The van der Waals surface area contributed by atoms with Crippen LogP contribution in [0.15, 0.2) is 42.7 Å². The van der Waals surface area contributed by atoms with Crippen LogP contribution in [0.2, 0.25) is 0 Å². The van der Waals surface area contributed by atoms with Gasteiger partial charge in [0.2, 0.25) is 0 Å². The Morgan fingerprint density at radius 3 is 2.62 bits per heavy atom. The van der Waals surface area contributed by atoms with Crippen LogP contribution in [0.5, 0.6) is 5.75 Å². The first-order chi connectivity index (χ1) is 13.8. The highest BCUT2D eigenvalue weighted by atomic mass is 35.5. The summed E-state index contributed by atoms with van der Waals surface area (Å²) in [5.74, 6) is 1.87. The molecule has 29 heavy (non-hydrogen) atoms. The molecule has 1 fully saturated rings. The molecule has 1 aromatic heterocycles. The Morgan fingerprint density at radius 2 is 1.83 bits per heavy atom. The van der Waals surface area contributed by atoms with Crippen molar-refractivity contribution in [3.05, 3.63) is 48.3 Å². The van der Waals surface area contributed by atoms with Crippen molar-refractivity contribution in [3.63, 3.8) is 0 Å². The number of imidazole rings is 1. The minimum Gasteiger partial charge on any atom is -0.492 e. The van der Waals surface area contributed by atoms with Crippen LogP contribution >= 0.6 is 12.4 Å². The van der Waals surface area contributed by atoms with Crippen molar-refractivity contribution in [2.75, 3.05) is 19.7 Å². The summed E-state index contributed by atoms with van der Waals surface area (Å²) in [5.41, 5.74) is 5.74. The van der Waals surface area contributed by atoms with E-state index in [9.17, 15) is 0 Å². The van der Waals surface area contributed by atoms with E-state index in [-0.39, 0.29) is 12.4 Å². The fraction of sp³-hybridized carbons (Fsp3) is 0.458. The molecule has 0 saturated heterocycles. The van der Waals surface area contributed by atoms with Gasteiger partial charge in [0.05, 0.1) is 17.4 Å². The van der Waals surface area contributed by atoms with Gasteiger partial charge in [-0.15, -0.1) is 12.4 Å². The molecule has 0 unspecified atom stereocenters. The molecule has 1 aliphatic rings. The van der Waals surface area contributed by atoms with Crippen molar-refractivity contribution < 1.29 is 4.74 Å². The maximum atomic E-state index is 5.90. The summed E-state index contributed by atoms with van der Waals surface area (Å²) in [6.07, 6.45) is 10.2. The zero-order valence-corrected chi connectivity index (χ0v) is 18.1. The van der Waals surface area contributed by atoms with Gasteiger partial charge in [-0.05, 0) is 60.7 Å². The van der Waals surface area contributed by atoms with E-state index in [1.54, 1.807) is 6.33 Å². The lowest BCUT2D eigenvalue weighted by Gasteiger charge is -2.21. The SMILES string of the molecule is Cc1c(-c2ccc(OCCNCCC3CCCCC3)cc2)ccc2[nH]cnc12.Cl. The molecule has 4 rings (SSSR count). The first kappa shape index (κ1) is 21.7. The number of H-pyrrole nitrogens is 1. The predicted molar refractivity (Wildman–Crippen MR) is 123 cm³/mol. The smallest absolute Gasteiger partial charge is 0.119 e. The Labute approximate surface area is 179 Å². The van der Waals surface area contributed by atoms with Gasteiger partial charge in [0, 0.05) is 6.54 Å². The van der Waals surface area contributed by atoms with Crippen molar-refractivity contribution in [2.24, 2.45) is 5.92 Å². The molecular formula is C24H32ClN3O. The maximum Gasteiger partial charge on any atom is 0.119 e. The number of aromatic amines is 1. The topological polar surface area (TPSA) is 49.9 Å². The van der Waals surface area contributed by atoms with Crippen LogP contribution < -0.4 is 10.1 Å². The molecule has 0 radical (unpaired) electrons. The Bertz CT molecular complexity index is 885. The fourth-order valence-corrected chi connectivity index (χ4v) is 4.34. The average molecular weight is 414 g/mol. The highest BCUT2D eigenvalue weighted by molar-refractivity contribution is 5.86. The van der Waals surface area contributed by atoms with Crippen LogP contribution in [-0.4, -0.2) is 29.7 Å². The second-order valence-corrected chi connectivity index (χ2v) is 7.95. The molecular weight excluding hydrogens is 382 g/mol. The quantitative estimate of drug-likeness (QED) is 0.452. The number of nitrogens with one attached hydrogen (secondary N) is 2.